The van der Waals surface area contributed by atoms with Crippen molar-refractivity contribution in [2.45, 2.75) is 32.6 Å². The van der Waals surface area contributed by atoms with Crippen molar-refractivity contribution in [3.05, 3.63) is 29.3 Å². The highest BCUT2D eigenvalue weighted by molar-refractivity contribution is 5.35. The summed E-state index contributed by atoms with van der Waals surface area (Å²) in [7, 11) is 0. The molecule has 0 spiro atoms. The average molecular weight is 189 g/mol. The minimum Gasteiger partial charge on any atom is -0.508 e. The second-order valence-electron chi connectivity index (χ2n) is 3.64. The highest BCUT2D eigenvalue weighted by Gasteiger charge is 2.08. The summed E-state index contributed by atoms with van der Waals surface area (Å²) in [4.78, 5) is 0. The van der Waals surface area contributed by atoms with Gasteiger partial charge in [-0.2, -0.15) is 5.26 Å². The van der Waals surface area contributed by atoms with Crippen LogP contribution in [0.3, 0.4) is 0 Å². The van der Waals surface area contributed by atoms with Gasteiger partial charge in [-0.1, -0.05) is 13.0 Å². The zero-order valence-electron chi connectivity index (χ0n) is 8.62. The Bertz CT molecular complexity index is 352. The highest BCUT2D eigenvalue weighted by atomic mass is 16.3. The molecule has 0 aromatic heterocycles. The van der Waals surface area contributed by atoms with Gasteiger partial charge >= 0.3 is 0 Å². The predicted octanol–water partition coefficient (Wildman–Crippen LogP) is 3.11. The van der Waals surface area contributed by atoms with E-state index in [4.69, 9.17) is 5.26 Å². The minimum atomic E-state index is 0.304. The molecule has 1 unspecified atom stereocenters. The molecule has 0 amide bonds. The number of hydrogen-bond donors (Lipinski definition) is 1. The largest absolute Gasteiger partial charge is 0.508 e. The maximum Gasteiger partial charge on any atom is 0.115 e. The molecule has 1 N–H and O–H groups in total. The molecule has 0 fully saturated rings. The first-order valence-electron chi connectivity index (χ1n) is 4.81. The molecule has 1 rings (SSSR count). The summed E-state index contributed by atoms with van der Waals surface area (Å²) >= 11 is 0. The van der Waals surface area contributed by atoms with Crippen molar-refractivity contribution in [3.63, 3.8) is 0 Å². The monoisotopic (exact) mass is 189 g/mol. The summed E-state index contributed by atoms with van der Waals surface area (Å²) < 4.78 is 0. The van der Waals surface area contributed by atoms with Gasteiger partial charge in [0.05, 0.1) is 6.07 Å². The van der Waals surface area contributed by atoms with Crippen LogP contribution in [0.5, 0.6) is 5.75 Å². The lowest BCUT2D eigenvalue weighted by Crippen LogP contribution is -1.95. The third-order valence-electron chi connectivity index (χ3n) is 2.47. The summed E-state index contributed by atoms with van der Waals surface area (Å²) in [5.41, 5.74) is 2.31. The van der Waals surface area contributed by atoms with Crippen molar-refractivity contribution in [3.8, 4) is 11.8 Å². The lowest BCUT2D eigenvalue weighted by Gasteiger charge is -2.13. The van der Waals surface area contributed by atoms with Crippen LogP contribution in [-0.4, -0.2) is 5.11 Å². The Balaban J connectivity index is 2.80. The Morgan fingerprint density at radius 1 is 1.50 bits per heavy atom. The molecule has 14 heavy (non-hydrogen) atoms. The number of phenols is 1. The van der Waals surface area contributed by atoms with Gasteiger partial charge in [0, 0.05) is 6.42 Å². The van der Waals surface area contributed by atoms with Gasteiger partial charge in [0.15, 0.2) is 0 Å². The highest BCUT2D eigenvalue weighted by Crippen LogP contribution is 2.26. The Hall–Kier alpha value is -1.49. The number of benzene rings is 1. The Morgan fingerprint density at radius 2 is 2.21 bits per heavy atom. The fourth-order valence-electron chi connectivity index (χ4n) is 1.65. The molecule has 0 bridgehead atoms. The van der Waals surface area contributed by atoms with Crippen molar-refractivity contribution in [2.24, 2.45) is 0 Å². The third-order valence-corrected chi connectivity index (χ3v) is 2.47. The van der Waals surface area contributed by atoms with Crippen LogP contribution in [0.2, 0.25) is 0 Å². The molecule has 2 heteroatoms. The van der Waals surface area contributed by atoms with Crippen LogP contribution < -0.4 is 0 Å². The lowest BCUT2D eigenvalue weighted by molar-refractivity contribution is 0.474. The van der Waals surface area contributed by atoms with E-state index in [2.05, 4.69) is 13.0 Å². The first-order chi connectivity index (χ1) is 6.65. The number of rotatable bonds is 3. The van der Waals surface area contributed by atoms with Crippen LogP contribution in [0.15, 0.2) is 18.2 Å². The lowest BCUT2D eigenvalue weighted by atomic mass is 9.93. The molecule has 1 atom stereocenters. The second kappa shape index (κ2) is 4.66. The number of hydrogen-bond acceptors (Lipinski definition) is 2. The van der Waals surface area contributed by atoms with E-state index < -0.39 is 0 Å². The van der Waals surface area contributed by atoms with Crippen LogP contribution in [0, 0.1) is 18.3 Å². The van der Waals surface area contributed by atoms with Crippen molar-refractivity contribution < 1.29 is 5.11 Å². The number of nitriles is 1. The van der Waals surface area contributed by atoms with Gasteiger partial charge in [-0.15, -0.1) is 0 Å². The predicted molar refractivity (Wildman–Crippen MR) is 56.1 cm³/mol. The molecular formula is C12H15NO. The van der Waals surface area contributed by atoms with E-state index >= 15 is 0 Å². The Morgan fingerprint density at radius 3 is 2.79 bits per heavy atom. The topological polar surface area (TPSA) is 44.0 Å². The molecule has 0 aliphatic heterocycles. The van der Waals surface area contributed by atoms with Gasteiger partial charge < -0.3 is 5.11 Å². The van der Waals surface area contributed by atoms with Crippen molar-refractivity contribution in [1.82, 2.24) is 0 Å². The number of aryl methyl sites for hydroxylation is 1. The molecule has 74 valence electrons. The van der Waals surface area contributed by atoms with E-state index in [-0.39, 0.29) is 0 Å². The van der Waals surface area contributed by atoms with Gasteiger partial charge in [-0.05, 0) is 42.5 Å². The molecule has 0 aliphatic carbocycles. The summed E-state index contributed by atoms with van der Waals surface area (Å²) in [5, 5.41) is 17.7. The molecule has 0 saturated heterocycles. The van der Waals surface area contributed by atoms with Crippen LogP contribution in [0.4, 0.5) is 0 Å². The van der Waals surface area contributed by atoms with E-state index in [1.165, 1.54) is 5.56 Å². The first-order valence-corrected chi connectivity index (χ1v) is 4.81. The van der Waals surface area contributed by atoms with Crippen LogP contribution in [0.1, 0.15) is 36.8 Å². The molecule has 1 aromatic carbocycles. The summed E-state index contributed by atoms with van der Waals surface area (Å²) in [6.45, 7) is 4.09. The van der Waals surface area contributed by atoms with Gasteiger partial charge in [-0.25, -0.2) is 0 Å². The van der Waals surface area contributed by atoms with E-state index in [0.29, 0.717) is 18.1 Å². The molecule has 0 aliphatic rings. The van der Waals surface area contributed by atoms with E-state index in [1.807, 2.05) is 13.0 Å². The zero-order valence-corrected chi connectivity index (χ0v) is 8.62. The quantitative estimate of drug-likeness (QED) is 0.794. The summed E-state index contributed by atoms with van der Waals surface area (Å²) in [6.07, 6.45) is 1.46. The van der Waals surface area contributed by atoms with Crippen LogP contribution >= 0.6 is 0 Å². The number of nitrogens with zero attached hydrogens (tertiary/aromatic N) is 1. The van der Waals surface area contributed by atoms with Gasteiger partial charge in [0.1, 0.15) is 5.75 Å². The van der Waals surface area contributed by atoms with Crippen LogP contribution in [0.25, 0.3) is 0 Å². The van der Waals surface area contributed by atoms with Gasteiger partial charge in [0.2, 0.25) is 0 Å². The van der Waals surface area contributed by atoms with E-state index in [1.54, 1.807) is 12.1 Å². The molecule has 0 radical (unpaired) electrons. The number of aromatic hydroxyl groups is 1. The fraction of sp³-hybridized carbons (Fsp3) is 0.417. The maximum atomic E-state index is 9.24. The first kappa shape index (κ1) is 10.6. The van der Waals surface area contributed by atoms with Crippen molar-refractivity contribution in [1.29, 1.82) is 5.26 Å². The van der Waals surface area contributed by atoms with Crippen molar-refractivity contribution in [2.75, 3.05) is 0 Å². The third kappa shape index (κ3) is 2.50. The molecule has 0 saturated carbocycles. The standard InChI is InChI=1S/C12H15NO/c1-9(4-3-7-13)12-6-5-11(14)8-10(12)2/h5-6,8-9,14H,3-4H2,1-2H3. The molecule has 1 aromatic rings. The van der Waals surface area contributed by atoms with E-state index in [0.717, 1.165) is 12.0 Å². The molecule has 2 nitrogen and oxygen atoms in total. The average Bonchev–Trinajstić information content (AvgIpc) is 2.14. The van der Waals surface area contributed by atoms with Gasteiger partial charge in [-0.3, -0.25) is 0 Å². The second-order valence-corrected chi connectivity index (χ2v) is 3.64. The number of phenolic OH excluding ortho intramolecular Hbond substituents is 1. The Kier molecular flexibility index (Phi) is 3.53. The zero-order chi connectivity index (χ0) is 10.6. The summed E-state index contributed by atoms with van der Waals surface area (Å²) in [5.74, 6) is 0.689. The van der Waals surface area contributed by atoms with E-state index in [9.17, 15) is 5.11 Å². The van der Waals surface area contributed by atoms with Crippen molar-refractivity contribution >= 4 is 0 Å². The molecule has 0 heterocycles. The molecular weight excluding hydrogens is 174 g/mol. The summed E-state index contributed by atoms with van der Waals surface area (Å²) in [6, 6.07) is 7.55. The smallest absolute Gasteiger partial charge is 0.115 e. The SMILES string of the molecule is Cc1cc(O)ccc1C(C)CCC#N. The minimum absolute atomic E-state index is 0.304. The Labute approximate surface area is 84.8 Å². The maximum absolute atomic E-state index is 9.24. The van der Waals surface area contributed by atoms with Crippen LogP contribution in [-0.2, 0) is 0 Å². The normalized spacial score (nSPS) is 12.1. The fourth-order valence-corrected chi connectivity index (χ4v) is 1.65. The van der Waals surface area contributed by atoms with Gasteiger partial charge in [0.25, 0.3) is 0 Å².